The van der Waals surface area contributed by atoms with Crippen LogP contribution in [0.5, 0.6) is 0 Å². The fourth-order valence-electron chi connectivity index (χ4n) is 2.97. The minimum Gasteiger partial charge on any atom is -0.335 e. The van der Waals surface area contributed by atoms with Gasteiger partial charge in [-0.1, -0.05) is 12.1 Å². The molecule has 1 aromatic rings. The molecule has 2 atom stereocenters. The number of amides is 1. The lowest BCUT2D eigenvalue weighted by atomic mass is 10.1. The molecule has 4 nitrogen and oxygen atoms in total. The Labute approximate surface area is 144 Å². The number of hydrogen-bond acceptors (Lipinski definition) is 3. The average molecular weight is 344 g/mol. The minimum absolute atomic E-state index is 0. The molecule has 23 heavy (non-hydrogen) atoms. The molecule has 1 aliphatic rings. The van der Waals surface area contributed by atoms with Gasteiger partial charge in [0.1, 0.15) is 5.82 Å². The minimum atomic E-state index is -0.250. The van der Waals surface area contributed by atoms with E-state index in [2.05, 4.69) is 17.1 Å². The fourth-order valence-corrected chi connectivity index (χ4v) is 2.97. The second kappa shape index (κ2) is 9.21. The van der Waals surface area contributed by atoms with Gasteiger partial charge in [0.15, 0.2) is 0 Å². The molecule has 0 bridgehead atoms. The van der Waals surface area contributed by atoms with E-state index in [1.807, 2.05) is 18.7 Å². The topological polar surface area (TPSA) is 35.6 Å². The maximum Gasteiger partial charge on any atom is 0.237 e. The summed E-state index contributed by atoms with van der Waals surface area (Å²) >= 11 is 0. The zero-order chi connectivity index (χ0) is 16.1. The molecule has 1 aliphatic heterocycles. The van der Waals surface area contributed by atoms with Crippen molar-refractivity contribution in [2.75, 3.05) is 32.7 Å². The molecule has 6 heteroatoms. The first kappa shape index (κ1) is 19.9. The van der Waals surface area contributed by atoms with E-state index in [1.54, 1.807) is 12.1 Å². The number of likely N-dealkylation sites (N-methyl/N-ethyl adjacent to an activating group) is 1. The number of nitrogens with zero attached hydrogens (tertiary/aromatic N) is 2. The average Bonchev–Trinajstić information content (AvgIpc) is 2.51. The molecule has 1 heterocycles. The van der Waals surface area contributed by atoms with Gasteiger partial charge in [0.05, 0.1) is 12.6 Å². The zero-order valence-electron chi connectivity index (χ0n) is 14.1. The van der Waals surface area contributed by atoms with E-state index in [0.29, 0.717) is 19.1 Å². The quantitative estimate of drug-likeness (QED) is 0.892. The van der Waals surface area contributed by atoms with Crippen molar-refractivity contribution >= 4 is 18.3 Å². The van der Waals surface area contributed by atoms with Gasteiger partial charge in [0, 0.05) is 32.2 Å². The summed E-state index contributed by atoms with van der Waals surface area (Å²) in [5, 5.41) is 3.33. The van der Waals surface area contributed by atoms with Crippen molar-refractivity contribution in [1.29, 1.82) is 0 Å². The van der Waals surface area contributed by atoms with Gasteiger partial charge >= 0.3 is 0 Å². The first-order valence-corrected chi connectivity index (χ1v) is 8.02. The molecule has 1 N–H and O–H groups in total. The number of halogens is 2. The lowest BCUT2D eigenvalue weighted by Gasteiger charge is -2.36. The molecule has 1 amide bonds. The van der Waals surface area contributed by atoms with E-state index in [9.17, 15) is 9.18 Å². The Kier molecular flexibility index (Phi) is 7.95. The highest BCUT2D eigenvalue weighted by molar-refractivity contribution is 5.85. The summed E-state index contributed by atoms with van der Waals surface area (Å²) in [7, 11) is 0. The van der Waals surface area contributed by atoms with Crippen molar-refractivity contribution < 1.29 is 9.18 Å². The van der Waals surface area contributed by atoms with Crippen molar-refractivity contribution in [3.05, 3.63) is 35.6 Å². The van der Waals surface area contributed by atoms with Crippen LogP contribution in [0.1, 0.15) is 32.4 Å². The summed E-state index contributed by atoms with van der Waals surface area (Å²) in [6, 6.07) is 6.73. The highest BCUT2D eigenvalue weighted by atomic mass is 35.5. The molecule has 0 aromatic heterocycles. The van der Waals surface area contributed by atoms with Crippen molar-refractivity contribution in [3.8, 4) is 0 Å². The molecule has 1 aromatic carbocycles. The number of carbonyl (C=O) groups is 1. The van der Waals surface area contributed by atoms with Gasteiger partial charge in [-0.15, -0.1) is 12.4 Å². The zero-order valence-corrected chi connectivity index (χ0v) is 14.9. The lowest BCUT2D eigenvalue weighted by molar-refractivity contribution is -0.135. The maximum atomic E-state index is 13.1. The van der Waals surface area contributed by atoms with Crippen molar-refractivity contribution in [1.82, 2.24) is 15.1 Å². The molecule has 1 fully saturated rings. The monoisotopic (exact) mass is 343 g/mol. The van der Waals surface area contributed by atoms with Crippen LogP contribution in [0.2, 0.25) is 0 Å². The third-order valence-corrected chi connectivity index (χ3v) is 4.46. The summed E-state index contributed by atoms with van der Waals surface area (Å²) in [4.78, 5) is 16.7. The molecule has 1 unspecified atom stereocenters. The Morgan fingerprint density at radius 2 is 2.09 bits per heavy atom. The van der Waals surface area contributed by atoms with Crippen LogP contribution in [0.4, 0.5) is 4.39 Å². The second-order valence-electron chi connectivity index (χ2n) is 5.93. The first-order valence-electron chi connectivity index (χ1n) is 8.02. The number of hydrogen-bond donors (Lipinski definition) is 1. The number of rotatable bonds is 5. The van der Waals surface area contributed by atoms with Gasteiger partial charge in [-0.25, -0.2) is 4.39 Å². The SMILES string of the molecule is CCN(C(=O)CN1CCNC[C@@H]1C)C(C)c1ccc(F)cc1.Cl. The predicted octanol–water partition coefficient (Wildman–Crippen LogP) is 2.45. The van der Waals surface area contributed by atoms with E-state index < -0.39 is 0 Å². The summed E-state index contributed by atoms with van der Waals surface area (Å²) < 4.78 is 13.1. The molecule has 0 aliphatic carbocycles. The van der Waals surface area contributed by atoms with E-state index in [1.165, 1.54) is 12.1 Å². The molecule has 1 saturated heterocycles. The molecular weight excluding hydrogens is 317 g/mol. The Balaban J connectivity index is 0.00000264. The summed E-state index contributed by atoms with van der Waals surface area (Å²) in [6.07, 6.45) is 0. The van der Waals surface area contributed by atoms with E-state index in [0.717, 1.165) is 25.2 Å². The van der Waals surface area contributed by atoms with Gasteiger partial charge in [0.2, 0.25) is 5.91 Å². The number of carbonyl (C=O) groups excluding carboxylic acids is 1. The van der Waals surface area contributed by atoms with Crippen LogP contribution in [-0.4, -0.2) is 54.5 Å². The van der Waals surface area contributed by atoms with Crippen LogP contribution in [0, 0.1) is 5.82 Å². The second-order valence-corrected chi connectivity index (χ2v) is 5.93. The summed E-state index contributed by atoms with van der Waals surface area (Å²) in [5.74, 6) is -0.118. The third kappa shape index (κ3) is 5.16. The molecule has 0 saturated carbocycles. The number of nitrogens with one attached hydrogen (secondary N) is 1. The first-order chi connectivity index (χ1) is 10.5. The van der Waals surface area contributed by atoms with Gasteiger partial charge in [-0.2, -0.15) is 0 Å². The fraction of sp³-hybridized carbons (Fsp3) is 0.588. The van der Waals surface area contributed by atoms with Crippen molar-refractivity contribution in [2.45, 2.75) is 32.9 Å². The summed E-state index contributed by atoms with van der Waals surface area (Å²) in [6.45, 7) is 9.97. The number of benzene rings is 1. The Bertz CT molecular complexity index is 497. The van der Waals surface area contributed by atoms with Gasteiger partial charge < -0.3 is 10.2 Å². The van der Waals surface area contributed by atoms with Crippen LogP contribution in [0.3, 0.4) is 0 Å². The Morgan fingerprint density at radius 3 is 2.65 bits per heavy atom. The predicted molar refractivity (Wildman–Crippen MR) is 93.4 cm³/mol. The standard InChI is InChI=1S/C17H26FN3O.ClH/c1-4-21(14(3)15-5-7-16(18)8-6-15)17(22)12-20-10-9-19-11-13(20)2;/h5-8,13-14,19H,4,9-12H2,1-3H3;1H/t13-,14?;/m0./s1. The van der Waals surface area contributed by atoms with Crippen LogP contribution in [0.15, 0.2) is 24.3 Å². The summed E-state index contributed by atoms with van der Waals surface area (Å²) in [5.41, 5.74) is 0.963. The van der Waals surface area contributed by atoms with Gasteiger partial charge in [-0.3, -0.25) is 9.69 Å². The molecule has 130 valence electrons. The van der Waals surface area contributed by atoms with E-state index in [-0.39, 0.29) is 30.2 Å². The normalized spacial score (nSPS) is 19.7. The highest BCUT2D eigenvalue weighted by Crippen LogP contribution is 2.21. The molecule has 0 radical (unpaired) electrons. The van der Waals surface area contributed by atoms with Crippen molar-refractivity contribution in [2.24, 2.45) is 0 Å². The van der Waals surface area contributed by atoms with Gasteiger partial charge in [0.25, 0.3) is 0 Å². The Hall–Kier alpha value is -1.17. The van der Waals surface area contributed by atoms with Crippen LogP contribution < -0.4 is 5.32 Å². The number of piperazine rings is 1. The highest BCUT2D eigenvalue weighted by Gasteiger charge is 2.25. The smallest absolute Gasteiger partial charge is 0.237 e. The van der Waals surface area contributed by atoms with Crippen molar-refractivity contribution in [3.63, 3.8) is 0 Å². The largest absolute Gasteiger partial charge is 0.335 e. The van der Waals surface area contributed by atoms with Crippen LogP contribution in [-0.2, 0) is 4.79 Å². The molecule has 0 spiro atoms. The van der Waals surface area contributed by atoms with Crippen LogP contribution >= 0.6 is 12.4 Å². The van der Waals surface area contributed by atoms with E-state index >= 15 is 0 Å². The third-order valence-electron chi connectivity index (χ3n) is 4.46. The van der Waals surface area contributed by atoms with Gasteiger partial charge in [-0.05, 0) is 38.5 Å². The Morgan fingerprint density at radius 1 is 1.43 bits per heavy atom. The lowest BCUT2D eigenvalue weighted by Crippen LogP contribution is -2.53. The van der Waals surface area contributed by atoms with E-state index in [4.69, 9.17) is 0 Å². The molecular formula is C17H27ClFN3O. The maximum absolute atomic E-state index is 13.1. The molecule has 2 rings (SSSR count). The van der Waals surface area contributed by atoms with Crippen LogP contribution in [0.25, 0.3) is 0 Å².